The summed E-state index contributed by atoms with van der Waals surface area (Å²) in [4.78, 5) is 0. The van der Waals surface area contributed by atoms with Crippen molar-refractivity contribution in [2.75, 3.05) is 33.5 Å². The monoisotopic (exact) mass is 1080 g/mol. The molecule has 9 rings (SSSR count). The van der Waals surface area contributed by atoms with Gasteiger partial charge in [0.2, 0.25) is 0 Å². The van der Waals surface area contributed by atoms with Crippen molar-refractivity contribution >= 4 is 0 Å². The lowest BCUT2D eigenvalue weighted by atomic mass is 9.44. The van der Waals surface area contributed by atoms with E-state index < -0.39 is 155 Å². The fraction of sp³-hybridized carbons (Fsp3) is 1.00. The van der Waals surface area contributed by atoms with E-state index in [1.165, 1.54) is 6.92 Å². The van der Waals surface area contributed by atoms with E-state index in [1.807, 2.05) is 6.92 Å². The van der Waals surface area contributed by atoms with Crippen LogP contribution in [-0.4, -0.2) is 241 Å². The van der Waals surface area contributed by atoms with Gasteiger partial charge in [0, 0.05) is 19.4 Å². The van der Waals surface area contributed by atoms with Crippen LogP contribution in [-0.2, 0) is 47.4 Å². The van der Waals surface area contributed by atoms with Gasteiger partial charge in [-0.15, -0.1) is 0 Å². The van der Waals surface area contributed by atoms with Crippen molar-refractivity contribution in [1.29, 1.82) is 0 Å². The van der Waals surface area contributed by atoms with Crippen LogP contribution in [0.25, 0.3) is 0 Å². The summed E-state index contributed by atoms with van der Waals surface area (Å²) in [6.07, 6.45) is -22.1. The van der Waals surface area contributed by atoms with Crippen molar-refractivity contribution in [2.45, 2.75) is 240 Å². The Morgan fingerprint density at radius 2 is 1.12 bits per heavy atom. The maximum Gasteiger partial charge on any atom is 0.187 e. The lowest BCUT2D eigenvalue weighted by molar-refractivity contribution is -0.395. The Kier molecular flexibility index (Phi) is 18.1. The number of hydrogen-bond acceptors (Lipinski definition) is 23. The topological polar surface area (TPSA) is 355 Å². The van der Waals surface area contributed by atoms with Crippen molar-refractivity contribution in [1.82, 2.24) is 0 Å². The second-order valence-electron chi connectivity index (χ2n) is 24.4. The first-order valence-electron chi connectivity index (χ1n) is 27.6. The molecule has 434 valence electrons. The van der Waals surface area contributed by atoms with Crippen LogP contribution in [0.5, 0.6) is 0 Å². The van der Waals surface area contributed by atoms with E-state index >= 15 is 0 Å². The second kappa shape index (κ2) is 23.1. The molecule has 23 nitrogen and oxygen atoms in total. The maximum absolute atomic E-state index is 11.7. The first kappa shape index (κ1) is 58.7. The van der Waals surface area contributed by atoms with Crippen LogP contribution in [0.4, 0.5) is 0 Å². The smallest absolute Gasteiger partial charge is 0.187 e. The van der Waals surface area contributed by atoms with Crippen LogP contribution in [0, 0.1) is 52.3 Å². The average Bonchev–Trinajstić information content (AvgIpc) is 3.92. The molecule has 5 heterocycles. The van der Waals surface area contributed by atoms with Gasteiger partial charge in [-0.3, -0.25) is 0 Å². The molecule has 4 aliphatic carbocycles. The molecule has 0 aromatic carbocycles. The predicted molar refractivity (Wildman–Crippen MR) is 255 cm³/mol. The number of aliphatic hydroxyl groups is 13. The predicted octanol–water partition coefficient (Wildman–Crippen LogP) is -2.27. The van der Waals surface area contributed by atoms with E-state index in [0.29, 0.717) is 43.4 Å². The van der Waals surface area contributed by atoms with Crippen molar-refractivity contribution in [3.8, 4) is 0 Å². The van der Waals surface area contributed by atoms with E-state index in [1.54, 1.807) is 7.11 Å². The molecule has 0 radical (unpaired) electrons. The minimum atomic E-state index is -1.87. The summed E-state index contributed by atoms with van der Waals surface area (Å²) in [5, 5.41) is 137. The lowest BCUT2D eigenvalue weighted by Gasteiger charge is -2.61. The van der Waals surface area contributed by atoms with Crippen LogP contribution in [0.1, 0.15) is 98.8 Å². The summed E-state index contributed by atoms with van der Waals surface area (Å²) >= 11 is 0. The van der Waals surface area contributed by atoms with Crippen molar-refractivity contribution < 1.29 is 114 Å². The number of ether oxygens (including phenoxy) is 10. The number of hydrogen-bond donors (Lipinski definition) is 13. The molecule has 9 fully saturated rings. The number of aliphatic hydroxyl groups excluding tert-OH is 13. The zero-order valence-electron chi connectivity index (χ0n) is 44.0. The third-order valence-corrected chi connectivity index (χ3v) is 20.4. The first-order chi connectivity index (χ1) is 35.6. The number of rotatable bonds is 16. The molecule has 13 N–H and O–H groups in total. The molecule has 5 aliphatic heterocycles. The highest BCUT2D eigenvalue weighted by atomic mass is 16.8. The molecule has 9 aliphatic rings. The van der Waals surface area contributed by atoms with Crippen LogP contribution >= 0.6 is 0 Å². The van der Waals surface area contributed by atoms with Gasteiger partial charge in [-0.05, 0) is 111 Å². The first-order valence-corrected chi connectivity index (χ1v) is 27.6. The fourth-order valence-corrected chi connectivity index (χ4v) is 15.9. The van der Waals surface area contributed by atoms with Crippen molar-refractivity contribution in [2.24, 2.45) is 52.3 Å². The summed E-state index contributed by atoms with van der Waals surface area (Å²) < 4.78 is 61.8. The number of methoxy groups -OCH3 is 1. The molecule has 0 aromatic heterocycles. The van der Waals surface area contributed by atoms with E-state index in [9.17, 15) is 66.4 Å². The third kappa shape index (κ3) is 10.5. The SMILES string of the molecule is CO[C@@]1(CC[C@H](C)CO[C@@H]2O[C@H](CO)[C@@H](O)[C@H](O)[C@H]2O)O[C@H]2C[C@H]3[C@@H]4CC[C@H]5C[C@@H](O[C@@H]6O[C@H](CO)[C@@H](O)[C@H](O[C@@H]7O[C@H](CO)[C@@H](O)[C@H](O)[C@H]7O)[C@H]6O[C@@H]6O[C@@H](C)[C@H](O)[C@@H](O)[C@H]6O)CC[C@]5(C)[C@H]4CC[C@]3(C)[C@H]2[C@@H]1C. The van der Waals surface area contributed by atoms with Gasteiger partial charge < -0.3 is 114 Å². The fourth-order valence-electron chi connectivity index (χ4n) is 15.9. The number of fused-ring (bicyclic) bond motifs is 7. The maximum atomic E-state index is 11.7. The van der Waals surface area contributed by atoms with Gasteiger partial charge >= 0.3 is 0 Å². The quantitative estimate of drug-likeness (QED) is 0.0725. The van der Waals surface area contributed by atoms with Gasteiger partial charge in [0.05, 0.1) is 44.7 Å². The largest absolute Gasteiger partial charge is 0.394 e. The van der Waals surface area contributed by atoms with Gasteiger partial charge in [0.1, 0.15) is 91.6 Å². The Morgan fingerprint density at radius 3 is 1.76 bits per heavy atom. The molecule has 75 heavy (non-hydrogen) atoms. The zero-order chi connectivity index (χ0) is 54.2. The third-order valence-electron chi connectivity index (χ3n) is 20.4. The minimum absolute atomic E-state index is 0.00190. The Balaban J connectivity index is 0.855. The Hall–Kier alpha value is -0.920. The standard InChI is InChI=1S/C52H88O23/c1-21(20-67-46-41(63)39(61)35(57)30(17-53)70-46)9-14-52(66-6)22(2)33-29(75-52)16-28-26-8-7-24-15-25(10-12-50(24,4)27(26)11-13-51(28,33)5)69-49-45(74-47-42(64)38(60)34(56)23(3)68-47)44(37(59)32(19-55)72-49)73-48-43(65)40(62)36(58)31(18-54)71-48/h21-49,53-65H,7-20H2,1-6H3/t21-,22-,23-,24-,25-,26+,27-,28-,29-,30+,31+,32+,33-,34-,35+,36+,37+,38+,39-,40-,41+,42+,43+,44-,45+,46+,47-,48-,49+,50-,51-,52-/m0/s1. The normalized spacial score (nSPS) is 55.4. The van der Waals surface area contributed by atoms with Crippen LogP contribution < -0.4 is 0 Å². The molecule has 5 saturated heterocycles. The molecule has 0 spiro atoms. The van der Waals surface area contributed by atoms with Crippen molar-refractivity contribution in [3.05, 3.63) is 0 Å². The van der Waals surface area contributed by atoms with Gasteiger partial charge in [-0.25, -0.2) is 0 Å². The van der Waals surface area contributed by atoms with E-state index in [-0.39, 0.29) is 47.2 Å². The molecule has 32 atom stereocenters. The highest BCUT2D eigenvalue weighted by molar-refractivity contribution is 5.15. The minimum Gasteiger partial charge on any atom is -0.394 e. The summed E-state index contributed by atoms with van der Waals surface area (Å²) in [6, 6.07) is 0. The van der Waals surface area contributed by atoms with Crippen LogP contribution in [0.3, 0.4) is 0 Å². The lowest BCUT2D eigenvalue weighted by Crippen LogP contribution is -2.67. The van der Waals surface area contributed by atoms with Gasteiger partial charge in [0.25, 0.3) is 0 Å². The molecular formula is C52H88O23. The van der Waals surface area contributed by atoms with E-state index in [2.05, 4.69) is 20.8 Å². The van der Waals surface area contributed by atoms with Gasteiger partial charge in [-0.2, -0.15) is 0 Å². The molecule has 4 saturated carbocycles. The van der Waals surface area contributed by atoms with Gasteiger partial charge in [0.15, 0.2) is 30.9 Å². The molecule has 0 unspecified atom stereocenters. The van der Waals surface area contributed by atoms with Crippen LogP contribution in [0.15, 0.2) is 0 Å². The second-order valence-corrected chi connectivity index (χ2v) is 24.4. The van der Waals surface area contributed by atoms with E-state index in [0.717, 1.165) is 38.5 Å². The molecular weight excluding hydrogens is 993 g/mol. The van der Waals surface area contributed by atoms with E-state index in [4.69, 9.17) is 47.4 Å². The Bertz CT molecular complexity index is 1870. The molecule has 0 bridgehead atoms. The molecule has 23 heteroatoms. The van der Waals surface area contributed by atoms with Crippen LogP contribution in [0.2, 0.25) is 0 Å². The highest BCUT2D eigenvalue weighted by Crippen LogP contribution is 2.71. The zero-order valence-corrected chi connectivity index (χ0v) is 44.0. The summed E-state index contributed by atoms with van der Waals surface area (Å²) in [6.45, 7) is 8.88. The summed E-state index contributed by atoms with van der Waals surface area (Å²) in [7, 11) is 1.72. The molecule has 0 aromatic rings. The van der Waals surface area contributed by atoms with Gasteiger partial charge in [-0.1, -0.05) is 27.7 Å². The summed E-state index contributed by atoms with van der Waals surface area (Å²) in [5.41, 5.74) is 0.0250. The Morgan fingerprint density at radius 1 is 0.560 bits per heavy atom. The molecule has 0 amide bonds. The summed E-state index contributed by atoms with van der Waals surface area (Å²) in [5.74, 6) is 1.28. The average molecular weight is 1080 g/mol. The Labute approximate surface area is 438 Å². The van der Waals surface area contributed by atoms with Crippen molar-refractivity contribution in [3.63, 3.8) is 0 Å². The highest BCUT2D eigenvalue weighted by Gasteiger charge is 2.69.